The Balaban J connectivity index is 0.000000224. The lowest BCUT2D eigenvalue weighted by molar-refractivity contribution is -0.192. The van der Waals surface area contributed by atoms with E-state index < -0.39 is 12.1 Å². The molecule has 0 radical (unpaired) electrons. The van der Waals surface area contributed by atoms with E-state index in [0.29, 0.717) is 0 Å². The van der Waals surface area contributed by atoms with Crippen LogP contribution in [0.4, 0.5) is 13.2 Å². The minimum Gasteiger partial charge on any atom is -0.475 e. The van der Waals surface area contributed by atoms with E-state index in [1.54, 1.807) is 0 Å². The highest BCUT2D eigenvalue weighted by atomic mass is 19.4. The highest BCUT2D eigenvalue weighted by Gasteiger charge is 2.38. The van der Waals surface area contributed by atoms with Crippen LogP contribution in [0.15, 0.2) is 24.3 Å². The summed E-state index contributed by atoms with van der Waals surface area (Å²) in [7, 11) is 0. The summed E-state index contributed by atoms with van der Waals surface area (Å²) < 4.78 is 31.7. The summed E-state index contributed by atoms with van der Waals surface area (Å²) in [5, 5.41) is 10.4. The van der Waals surface area contributed by atoms with Gasteiger partial charge in [-0.2, -0.15) is 13.2 Å². The van der Waals surface area contributed by atoms with Crippen LogP contribution in [0.2, 0.25) is 0 Å². The molecule has 0 atom stereocenters. The van der Waals surface area contributed by atoms with Crippen molar-refractivity contribution < 1.29 is 23.1 Å². The van der Waals surface area contributed by atoms with Crippen molar-refractivity contribution in [3.8, 4) is 0 Å². The summed E-state index contributed by atoms with van der Waals surface area (Å²) in [6.07, 6.45) is -3.94. The van der Waals surface area contributed by atoms with Gasteiger partial charge in [0.05, 0.1) is 0 Å². The molecule has 0 unspecified atom stereocenters. The zero-order valence-electron chi connectivity index (χ0n) is 10.5. The number of alkyl halides is 3. The number of halogens is 3. The molecule has 1 saturated heterocycles. The molecule has 0 aromatic heterocycles. The fourth-order valence-corrected chi connectivity index (χ4v) is 1.59. The second kappa shape index (κ2) is 6.56. The quantitative estimate of drug-likeness (QED) is 0.872. The summed E-state index contributed by atoms with van der Waals surface area (Å²) in [6, 6.07) is 8.96. The first-order valence-electron chi connectivity index (χ1n) is 5.94. The highest BCUT2D eigenvalue weighted by molar-refractivity contribution is 5.73. The maximum atomic E-state index is 10.6. The fraction of sp³-hybridized carbons (Fsp3) is 0.462. The molecule has 1 heterocycles. The molecule has 2 N–H and O–H groups in total. The molecule has 0 bridgehead atoms. The van der Waals surface area contributed by atoms with E-state index in [1.165, 1.54) is 11.1 Å². The molecule has 0 aliphatic carbocycles. The summed E-state index contributed by atoms with van der Waals surface area (Å²) >= 11 is 0. The lowest BCUT2D eigenvalue weighted by atomic mass is 9.92. The molecular weight excluding hydrogens is 259 g/mol. The number of hydrogen-bond donors (Lipinski definition) is 2. The average molecular weight is 275 g/mol. The van der Waals surface area contributed by atoms with Crippen molar-refractivity contribution in [3.05, 3.63) is 35.4 Å². The van der Waals surface area contributed by atoms with Gasteiger partial charge in [0.1, 0.15) is 0 Å². The molecule has 19 heavy (non-hydrogen) atoms. The fourth-order valence-electron chi connectivity index (χ4n) is 1.59. The third-order valence-corrected chi connectivity index (χ3v) is 2.85. The number of aliphatic carboxylic acids is 1. The predicted molar refractivity (Wildman–Crippen MR) is 65.1 cm³/mol. The molecule has 0 spiro atoms. The maximum absolute atomic E-state index is 10.6. The van der Waals surface area contributed by atoms with Gasteiger partial charge in [0, 0.05) is 19.0 Å². The van der Waals surface area contributed by atoms with E-state index in [2.05, 4.69) is 36.5 Å². The Morgan fingerprint density at radius 1 is 1.42 bits per heavy atom. The molecule has 2 rings (SSSR count). The zero-order chi connectivity index (χ0) is 14.5. The number of rotatable bonds is 2. The largest absolute Gasteiger partial charge is 0.490 e. The molecule has 3 nitrogen and oxygen atoms in total. The molecule has 0 amide bonds. The number of aryl methyl sites for hydroxylation is 1. The number of nitrogens with one attached hydrogen (secondary N) is 1. The first-order valence-corrected chi connectivity index (χ1v) is 5.94. The molecule has 1 aliphatic heterocycles. The van der Waals surface area contributed by atoms with Crippen LogP contribution < -0.4 is 5.32 Å². The monoisotopic (exact) mass is 275 g/mol. The second-order valence-electron chi connectivity index (χ2n) is 4.26. The van der Waals surface area contributed by atoms with Crippen molar-refractivity contribution in [2.75, 3.05) is 13.1 Å². The maximum Gasteiger partial charge on any atom is 0.490 e. The Morgan fingerprint density at radius 2 is 2.00 bits per heavy atom. The Hall–Kier alpha value is -1.56. The first-order chi connectivity index (χ1) is 8.84. The van der Waals surface area contributed by atoms with E-state index in [9.17, 15) is 13.2 Å². The van der Waals surface area contributed by atoms with Gasteiger partial charge in [0.15, 0.2) is 0 Å². The first kappa shape index (κ1) is 15.5. The Morgan fingerprint density at radius 3 is 2.37 bits per heavy atom. The number of carbonyl (C=O) groups is 1. The minimum absolute atomic E-state index is 0.775. The van der Waals surface area contributed by atoms with Crippen LogP contribution in [-0.2, 0) is 11.2 Å². The Kier molecular flexibility index (Phi) is 5.35. The number of hydrogen-bond acceptors (Lipinski definition) is 2. The van der Waals surface area contributed by atoms with E-state index in [-0.39, 0.29) is 0 Å². The summed E-state index contributed by atoms with van der Waals surface area (Å²) in [6.45, 7) is 4.53. The van der Waals surface area contributed by atoms with Crippen molar-refractivity contribution >= 4 is 5.97 Å². The third kappa shape index (κ3) is 4.90. The van der Waals surface area contributed by atoms with Crippen molar-refractivity contribution in [3.63, 3.8) is 0 Å². The Bertz CT molecular complexity index is 428. The van der Waals surface area contributed by atoms with Crippen LogP contribution in [0.25, 0.3) is 0 Å². The molecule has 1 aromatic rings. The van der Waals surface area contributed by atoms with Crippen molar-refractivity contribution in [2.45, 2.75) is 25.4 Å². The molecule has 0 saturated carbocycles. The van der Waals surface area contributed by atoms with Gasteiger partial charge in [-0.05, 0) is 17.5 Å². The lowest BCUT2D eigenvalue weighted by Crippen LogP contribution is -2.39. The number of carboxylic acids is 1. The third-order valence-electron chi connectivity index (χ3n) is 2.85. The van der Waals surface area contributed by atoms with Crippen LogP contribution in [0.5, 0.6) is 0 Å². The van der Waals surface area contributed by atoms with E-state index in [0.717, 1.165) is 25.4 Å². The van der Waals surface area contributed by atoms with Crippen LogP contribution in [-0.4, -0.2) is 30.3 Å². The normalized spacial score (nSPS) is 15.2. The van der Waals surface area contributed by atoms with E-state index >= 15 is 0 Å². The molecule has 6 heteroatoms. The molecule has 1 aliphatic rings. The molecule has 106 valence electrons. The van der Waals surface area contributed by atoms with Gasteiger partial charge in [0.2, 0.25) is 0 Å². The lowest BCUT2D eigenvalue weighted by Gasteiger charge is -2.27. The van der Waals surface area contributed by atoms with Crippen LogP contribution in [0, 0.1) is 0 Å². The van der Waals surface area contributed by atoms with Crippen LogP contribution in [0.1, 0.15) is 24.0 Å². The summed E-state index contributed by atoms with van der Waals surface area (Å²) in [5.74, 6) is -1.98. The van der Waals surface area contributed by atoms with Gasteiger partial charge in [-0.15, -0.1) is 0 Å². The van der Waals surface area contributed by atoms with Gasteiger partial charge >= 0.3 is 12.1 Å². The van der Waals surface area contributed by atoms with Gasteiger partial charge < -0.3 is 10.4 Å². The zero-order valence-corrected chi connectivity index (χ0v) is 10.5. The number of carboxylic acid groups (broad SMARTS) is 1. The van der Waals surface area contributed by atoms with Crippen LogP contribution in [0.3, 0.4) is 0 Å². The summed E-state index contributed by atoms with van der Waals surface area (Å²) in [5.41, 5.74) is 2.97. The SMILES string of the molecule is CCc1cccc(C2CNC2)c1.O=C(O)C(F)(F)F. The highest BCUT2D eigenvalue weighted by Crippen LogP contribution is 2.20. The topological polar surface area (TPSA) is 49.3 Å². The molecule has 1 aromatic carbocycles. The smallest absolute Gasteiger partial charge is 0.475 e. The van der Waals surface area contributed by atoms with Gasteiger partial charge in [-0.25, -0.2) is 4.79 Å². The van der Waals surface area contributed by atoms with Gasteiger partial charge in [-0.1, -0.05) is 31.2 Å². The number of benzene rings is 1. The predicted octanol–water partition coefficient (Wildman–Crippen LogP) is 2.57. The Labute approximate surface area is 109 Å². The van der Waals surface area contributed by atoms with Crippen LogP contribution >= 0.6 is 0 Å². The van der Waals surface area contributed by atoms with Gasteiger partial charge in [0.25, 0.3) is 0 Å². The standard InChI is InChI=1S/C11H15N.C2HF3O2/c1-2-9-4-3-5-10(6-9)11-7-12-8-11;3-2(4,5)1(6)7/h3-6,11-12H,2,7-8H2,1H3;(H,6,7). The second-order valence-corrected chi connectivity index (χ2v) is 4.26. The minimum atomic E-state index is -5.08. The van der Waals surface area contributed by atoms with E-state index in [1.807, 2.05) is 0 Å². The molecular formula is C13H16F3NO2. The molecule has 1 fully saturated rings. The average Bonchev–Trinajstić information content (AvgIpc) is 2.26. The van der Waals surface area contributed by atoms with Crippen molar-refractivity contribution in [2.24, 2.45) is 0 Å². The van der Waals surface area contributed by atoms with Gasteiger partial charge in [-0.3, -0.25) is 0 Å². The van der Waals surface area contributed by atoms with E-state index in [4.69, 9.17) is 9.90 Å². The van der Waals surface area contributed by atoms with Crippen molar-refractivity contribution in [1.82, 2.24) is 5.32 Å². The van der Waals surface area contributed by atoms with Crippen molar-refractivity contribution in [1.29, 1.82) is 0 Å². The summed E-state index contributed by atoms with van der Waals surface area (Å²) in [4.78, 5) is 8.90.